The van der Waals surface area contributed by atoms with Crippen LogP contribution in [0.1, 0.15) is 32.4 Å². The number of rotatable bonds is 5. The molecule has 0 aromatic heterocycles. The van der Waals surface area contributed by atoms with Crippen LogP contribution in [0.2, 0.25) is 0 Å². The van der Waals surface area contributed by atoms with E-state index < -0.39 is 12.2 Å². The molecular formula is C14H21NO3. The summed E-state index contributed by atoms with van der Waals surface area (Å²) in [6.45, 7) is 6.68. The molecule has 0 aliphatic rings. The molecule has 0 aliphatic carbocycles. The number of aliphatic hydroxyl groups is 1. The number of nitrogens with zero attached hydrogens (tertiary/aromatic N) is 1. The van der Waals surface area contributed by atoms with Gasteiger partial charge in [0.2, 0.25) is 0 Å². The van der Waals surface area contributed by atoms with Crippen molar-refractivity contribution < 1.29 is 14.6 Å². The maximum Gasteiger partial charge on any atom is 0.410 e. The number of carbonyl (C=O) groups excluding carboxylic acids is 1. The predicted molar refractivity (Wildman–Crippen MR) is 70.3 cm³/mol. The molecule has 2 unspecified atom stereocenters. The minimum Gasteiger partial charge on any atom is -0.443 e. The first kappa shape index (κ1) is 14.5. The number of aliphatic hydroxyl groups excluding tert-OH is 1. The van der Waals surface area contributed by atoms with Gasteiger partial charge in [-0.15, -0.1) is 0 Å². The second kappa shape index (κ2) is 7.01. The van der Waals surface area contributed by atoms with E-state index in [4.69, 9.17) is 4.74 Å². The van der Waals surface area contributed by atoms with Crippen molar-refractivity contribution in [1.29, 1.82) is 0 Å². The van der Waals surface area contributed by atoms with E-state index in [2.05, 4.69) is 0 Å². The quantitative estimate of drug-likeness (QED) is 0.875. The normalized spacial score (nSPS) is 13.8. The molecular weight excluding hydrogens is 230 g/mol. The first-order chi connectivity index (χ1) is 8.60. The Morgan fingerprint density at radius 2 is 1.83 bits per heavy atom. The number of ether oxygens (including phenoxy) is 1. The standard InChI is InChI=1S/C14H21NO3/c1-4-15(5-2)14(17)18-11(3)13(16)12-9-7-6-8-10-12/h6-11,13,16H,4-5H2,1-3H3. The summed E-state index contributed by atoms with van der Waals surface area (Å²) in [5.74, 6) is 0. The molecule has 0 aliphatic heterocycles. The molecule has 4 nitrogen and oxygen atoms in total. The first-order valence-electron chi connectivity index (χ1n) is 6.28. The molecule has 1 aromatic rings. The van der Waals surface area contributed by atoms with Crippen molar-refractivity contribution in [2.45, 2.75) is 33.0 Å². The largest absolute Gasteiger partial charge is 0.443 e. The summed E-state index contributed by atoms with van der Waals surface area (Å²) in [5, 5.41) is 10.1. The van der Waals surface area contributed by atoms with E-state index in [0.717, 1.165) is 5.56 Å². The minimum absolute atomic E-state index is 0.387. The van der Waals surface area contributed by atoms with E-state index in [9.17, 15) is 9.90 Å². The molecule has 0 spiro atoms. The van der Waals surface area contributed by atoms with E-state index in [1.807, 2.05) is 44.2 Å². The number of amides is 1. The van der Waals surface area contributed by atoms with Gasteiger partial charge in [-0.2, -0.15) is 0 Å². The van der Waals surface area contributed by atoms with Crippen LogP contribution in [-0.2, 0) is 4.74 Å². The van der Waals surface area contributed by atoms with Gasteiger partial charge >= 0.3 is 6.09 Å². The van der Waals surface area contributed by atoms with Crippen molar-refractivity contribution in [2.75, 3.05) is 13.1 Å². The van der Waals surface area contributed by atoms with Gasteiger partial charge in [0.15, 0.2) is 0 Å². The van der Waals surface area contributed by atoms with Gasteiger partial charge in [0.05, 0.1) is 0 Å². The summed E-state index contributed by atoms with van der Waals surface area (Å²) in [6, 6.07) is 9.19. The molecule has 0 fully saturated rings. The van der Waals surface area contributed by atoms with E-state index in [-0.39, 0.29) is 6.09 Å². The Bertz CT molecular complexity index is 363. The lowest BCUT2D eigenvalue weighted by atomic mass is 10.1. The summed E-state index contributed by atoms with van der Waals surface area (Å²) in [5.41, 5.74) is 0.748. The second-order valence-corrected chi connectivity index (χ2v) is 4.12. The van der Waals surface area contributed by atoms with Crippen LogP contribution in [0.4, 0.5) is 4.79 Å². The van der Waals surface area contributed by atoms with Crippen LogP contribution in [0.3, 0.4) is 0 Å². The molecule has 0 saturated heterocycles. The van der Waals surface area contributed by atoms with E-state index in [1.54, 1.807) is 11.8 Å². The Hall–Kier alpha value is -1.55. The van der Waals surface area contributed by atoms with Gasteiger partial charge in [-0.05, 0) is 26.3 Å². The minimum atomic E-state index is -0.800. The fraction of sp³-hybridized carbons (Fsp3) is 0.500. The SMILES string of the molecule is CCN(CC)C(=O)OC(C)C(O)c1ccccc1. The van der Waals surface area contributed by atoms with Crippen LogP contribution in [0.15, 0.2) is 30.3 Å². The fourth-order valence-electron chi connectivity index (χ4n) is 1.70. The summed E-state index contributed by atoms with van der Waals surface area (Å²) >= 11 is 0. The fourth-order valence-corrected chi connectivity index (χ4v) is 1.70. The topological polar surface area (TPSA) is 49.8 Å². The highest BCUT2D eigenvalue weighted by molar-refractivity contribution is 5.67. The second-order valence-electron chi connectivity index (χ2n) is 4.12. The Labute approximate surface area is 108 Å². The highest BCUT2D eigenvalue weighted by Gasteiger charge is 2.22. The van der Waals surface area contributed by atoms with Crippen molar-refractivity contribution in [3.63, 3.8) is 0 Å². The van der Waals surface area contributed by atoms with Crippen LogP contribution >= 0.6 is 0 Å². The molecule has 0 heterocycles. The van der Waals surface area contributed by atoms with Crippen molar-refractivity contribution in [3.8, 4) is 0 Å². The average molecular weight is 251 g/mol. The van der Waals surface area contributed by atoms with Gasteiger partial charge in [-0.1, -0.05) is 30.3 Å². The molecule has 1 rings (SSSR count). The lowest BCUT2D eigenvalue weighted by Crippen LogP contribution is -2.35. The third-order valence-corrected chi connectivity index (χ3v) is 2.89. The van der Waals surface area contributed by atoms with Gasteiger partial charge in [-0.25, -0.2) is 4.79 Å². The zero-order chi connectivity index (χ0) is 13.5. The first-order valence-corrected chi connectivity index (χ1v) is 6.28. The Kier molecular flexibility index (Phi) is 5.65. The number of benzene rings is 1. The molecule has 4 heteroatoms. The lowest BCUT2D eigenvalue weighted by Gasteiger charge is -2.24. The molecule has 1 aromatic carbocycles. The molecule has 0 saturated carbocycles. The monoisotopic (exact) mass is 251 g/mol. The summed E-state index contributed by atoms with van der Waals surface area (Å²) < 4.78 is 5.25. The van der Waals surface area contributed by atoms with Crippen LogP contribution in [0, 0.1) is 0 Å². The lowest BCUT2D eigenvalue weighted by molar-refractivity contribution is -0.00246. The van der Waals surface area contributed by atoms with Gasteiger partial charge < -0.3 is 14.7 Å². The van der Waals surface area contributed by atoms with Crippen molar-refractivity contribution in [1.82, 2.24) is 4.90 Å². The Morgan fingerprint density at radius 1 is 1.28 bits per heavy atom. The number of carbonyl (C=O) groups is 1. The number of hydrogen-bond acceptors (Lipinski definition) is 3. The molecule has 1 N–H and O–H groups in total. The Balaban J connectivity index is 2.60. The van der Waals surface area contributed by atoms with Crippen LogP contribution in [0.25, 0.3) is 0 Å². The Morgan fingerprint density at radius 3 is 2.33 bits per heavy atom. The van der Waals surface area contributed by atoms with Gasteiger partial charge in [0.25, 0.3) is 0 Å². The van der Waals surface area contributed by atoms with Crippen LogP contribution < -0.4 is 0 Å². The smallest absolute Gasteiger partial charge is 0.410 e. The van der Waals surface area contributed by atoms with Gasteiger partial charge in [0.1, 0.15) is 12.2 Å². The van der Waals surface area contributed by atoms with Gasteiger partial charge in [0, 0.05) is 13.1 Å². The highest BCUT2D eigenvalue weighted by atomic mass is 16.6. The predicted octanol–water partition coefficient (Wildman–Crippen LogP) is 2.59. The van der Waals surface area contributed by atoms with Crippen molar-refractivity contribution in [3.05, 3.63) is 35.9 Å². The molecule has 0 radical (unpaired) electrons. The molecule has 18 heavy (non-hydrogen) atoms. The maximum atomic E-state index is 11.7. The van der Waals surface area contributed by atoms with Crippen molar-refractivity contribution in [2.24, 2.45) is 0 Å². The average Bonchev–Trinajstić information content (AvgIpc) is 2.40. The molecule has 100 valence electrons. The summed E-state index contributed by atoms with van der Waals surface area (Å²) in [6.07, 6.45) is -1.76. The third kappa shape index (κ3) is 3.74. The van der Waals surface area contributed by atoms with Gasteiger partial charge in [-0.3, -0.25) is 0 Å². The van der Waals surface area contributed by atoms with E-state index in [0.29, 0.717) is 13.1 Å². The van der Waals surface area contributed by atoms with E-state index in [1.165, 1.54) is 0 Å². The summed E-state index contributed by atoms with van der Waals surface area (Å²) in [4.78, 5) is 13.3. The molecule has 0 bridgehead atoms. The third-order valence-electron chi connectivity index (χ3n) is 2.89. The molecule has 1 amide bonds. The zero-order valence-electron chi connectivity index (χ0n) is 11.2. The van der Waals surface area contributed by atoms with E-state index >= 15 is 0 Å². The van der Waals surface area contributed by atoms with Crippen LogP contribution in [-0.4, -0.2) is 35.3 Å². The van der Waals surface area contributed by atoms with Crippen molar-refractivity contribution >= 4 is 6.09 Å². The molecule has 2 atom stereocenters. The zero-order valence-corrected chi connectivity index (χ0v) is 11.2. The van der Waals surface area contributed by atoms with Crippen LogP contribution in [0.5, 0.6) is 0 Å². The number of hydrogen-bond donors (Lipinski definition) is 1. The highest BCUT2D eigenvalue weighted by Crippen LogP contribution is 2.19. The summed E-state index contributed by atoms with van der Waals surface area (Å²) in [7, 11) is 0. The maximum absolute atomic E-state index is 11.7.